The van der Waals surface area contributed by atoms with E-state index in [1.807, 2.05) is 0 Å². The van der Waals surface area contributed by atoms with Gasteiger partial charge >= 0.3 is 0 Å². The van der Waals surface area contributed by atoms with E-state index < -0.39 is 0 Å². The molecule has 1 aromatic carbocycles. The van der Waals surface area contributed by atoms with Gasteiger partial charge in [0.1, 0.15) is 0 Å². The van der Waals surface area contributed by atoms with E-state index in [1.165, 1.54) is 28.6 Å². The average Bonchev–Trinajstić information content (AvgIpc) is 2.66. The van der Waals surface area contributed by atoms with Crippen molar-refractivity contribution >= 4 is 10.9 Å². The molecular formula is C13H16N2. The Labute approximate surface area is 89.5 Å². The number of H-pyrrole nitrogens is 1. The Balaban J connectivity index is 2.14. The zero-order valence-electron chi connectivity index (χ0n) is 8.79. The summed E-state index contributed by atoms with van der Waals surface area (Å²) in [6.45, 7) is 0.818. The molecule has 0 amide bonds. The van der Waals surface area contributed by atoms with Gasteiger partial charge in [-0.2, -0.15) is 0 Å². The van der Waals surface area contributed by atoms with Crippen LogP contribution in [0.3, 0.4) is 0 Å². The number of aromatic amines is 1. The highest BCUT2D eigenvalue weighted by molar-refractivity contribution is 5.84. The van der Waals surface area contributed by atoms with Crippen LogP contribution in [0.25, 0.3) is 10.9 Å². The largest absolute Gasteiger partial charge is 0.358 e. The zero-order chi connectivity index (χ0) is 10.3. The van der Waals surface area contributed by atoms with Crippen molar-refractivity contribution in [2.45, 2.75) is 19.3 Å². The molecule has 15 heavy (non-hydrogen) atoms. The third-order valence-corrected chi connectivity index (χ3v) is 3.53. The molecule has 0 saturated carbocycles. The van der Waals surface area contributed by atoms with Crippen LogP contribution in [0.2, 0.25) is 0 Å². The molecule has 1 aliphatic rings. The van der Waals surface area contributed by atoms with Crippen LogP contribution in [0.5, 0.6) is 0 Å². The first-order valence-electron chi connectivity index (χ1n) is 5.67. The van der Waals surface area contributed by atoms with E-state index in [2.05, 4.69) is 29.2 Å². The van der Waals surface area contributed by atoms with Crippen molar-refractivity contribution in [1.29, 1.82) is 0 Å². The van der Waals surface area contributed by atoms with Gasteiger partial charge in [0.15, 0.2) is 0 Å². The summed E-state index contributed by atoms with van der Waals surface area (Å²) in [5.41, 5.74) is 9.98. The summed E-state index contributed by atoms with van der Waals surface area (Å²) < 4.78 is 0. The number of para-hydroxylation sites is 1. The zero-order valence-corrected chi connectivity index (χ0v) is 8.79. The maximum Gasteiger partial charge on any atom is 0.0458 e. The topological polar surface area (TPSA) is 41.8 Å². The molecule has 1 heterocycles. The van der Waals surface area contributed by atoms with Gasteiger partial charge in [-0.15, -0.1) is 0 Å². The third kappa shape index (κ3) is 1.37. The standard InChI is InChI=1S/C13H16N2/c14-8-9-5-6-13-11(7-9)10-3-1-2-4-12(10)15-13/h1-4,9,15H,5-8,14H2. The lowest BCUT2D eigenvalue weighted by Gasteiger charge is -2.20. The fourth-order valence-electron chi connectivity index (χ4n) is 2.64. The molecule has 0 spiro atoms. The molecule has 3 rings (SSSR count). The van der Waals surface area contributed by atoms with Gasteiger partial charge in [0.05, 0.1) is 0 Å². The summed E-state index contributed by atoms with van der Waals surface area (Å²) in [5.74, 6) is 0.678. The van der Waals surface area contributed by atoms with Crippen molar-refractivity contribution in [1.82, 2.24) is 4.98 Å². The number of aryl methyl sites for hydroxylation is 1. The Morgan fingerprint density at radius 2 is 2.20 bits per heavy atom. The van der Waals surface area contributed by atoms with Crippen LogP contribution in [-0.2, 0) is 12.8 Å². The molecule has 1 aromatic heterocycles. The van der Waals surface area contributed by atoms with E-state index in [1.54, 1.807) is 0 Å². The molecular weight excluding hydrogens is 184 g/mol. The molecule has 0 radical (unpaired) electrons. The van der Waals surface area contributed by atoms with Crippen molar-refractivity contribution in [2.75, 3.05) is 6.54 Å². The molecule has 1 aliphatic carbocycles. The van der Waals surface area contributed by atoms with Gasteiger partial charge in [-0.05, 0) is 43.4 Å². The second-order valence-corrected chi connectivity index (χ2v) is 4.47. The van der Waals surface area contributed by atoms with Crippen molar-refractivity contribution < 1.29 is 0 Å². The molecule has 0 bridgehead atoms. The van der Waals surface area contributed by atoms with Crippen molar-refractivity contribution in [3.05, 3.63) is 35.5 Å². The molecule has 1 unspecified atom stereocenters. The smallest absolute Gasteiger partial charge is 0.0458 e. The second kappa shape index (κ2) is 3.38. The Kier molecular flexibility index (Phi) is 2.03. The first kappa shape index (κ1) is 8.98. The molecule has 1 atom stereocenters. The summed E-state index contributed by atoms with van der Waals surface area (Å²) in [6, 6.07) is 8.57. The van der Waals surface area contributed by atoms with Crippen LogP contribution in [0.1, 0.15) is 17.7 Å². The number of nitrogens with two attached hydrogens (primary N) is 1. The number of nitrogens with one attached hydrogen (secondary N) is 1. The number of aromatic nitrogens is 1. The molecule has 78 valence electrons. The maximum atomic E-state index is 5.76. The Bertz CT molecular complexity index is 484. The highest BCUT2D eigenvalue weighted by atomic mass is 14.7. The lowest BCUT2D eigenvalue weighted by atomic mass is 9.86. The fourth-order valence-corrected chi connectivity index (χ4v) is 2.64. The minimum atomic E-state index is 0.678. The Morgan fingerprint density at radius 1 is 1.33 bits per heavy atom. The van der Waals surface area contributed by atoms with Crippen LogP contribution in [-0.4, -0.2) is 11.5 Å². The molecule has 2 nitrogen and oxygen atoms in total. The highest BCUT2D eigenvalue weighted by Crippen LogP contribution is 2.31. The van der Waals surface area contributed by atoms with Crippen LogP contribution in [0.15, 0.2) is 24.3 Å². The van der Waals surface area contributed by atoms with Crippen LogP contribution < -0.4 is 5.73 Å². The van der Waals surface area contributed by atoms with Crippen molar-refractivity contribution in [3.63, 3.8) is 0 Å². The fraction of sp³-hybridized carbons (Fsp3) is 0.385. The number of fused-ring (bicyclic) bond motifs is 3. The summed E-state index contributed by atoms with van der Waals surface area (Å²) >= 11 is 0. The van der Waals surface area contributed by atoms with Gasteiger partial charge in [0.2, 0.25) is 0 Å². The summed E-state index contributed by atoms with van der Waals surface area (Å²) in [6.07, 6.45) is 3.54. The lowest BCUT2D eigenvalue weighted by Crippen LogP contribution is -2.21. The second-order valence-electron chi connectivity index (χ2n) is 4.47. The number of hydrogen-bond acceptors (Lipinski definition) is 1. The van der Waals surface area contributed by atoms with Gasteiger partial charge in [-0.1, -0.05) is 18.2 Å². The minimum Gasteiger partial charge on any atom is -0.358 e. The van der Waals surface area contributed by atoms with Gasteiger partial charge < -0.3 is 10.7 Å². The van der Waals surface area contributed by atoms with Gasteiger partial charge in [0.25, 0.3) is 0 Å². The van der Waals surface area contributed by atoms with Crippen LogP contribution in [0.4, 0.5) is 0 Å². The predicted octanol–water partition coefficient (Wildman–Crippen LogP) is 2.23. The Hall–Kier alpha value is -1.28. The lowest BCUT2D eigenvalue weighted by molar-refractivity contribution is 0.468. The van der Waals surface area contributed by atoms with E-state index in [0.29, 0.717) is 5.92 Å². The summed E-state index contributed by atoms with van der Waals surface area (Å²) in [5, 5.41) is 1.39. The Morgan fingerprint density at radius 3 is 3.07 bits per heavy atom. The van der Waals surface area contributed by atoms with E-state index in [9.17, 15) is 0 Å². The normalized spacial score (nSPS) is 20.5. The van der Waals surface area contributed by atoms with Crippen LogP contribution >= 0.6 is 0 Å². The molecule has 0 aliphatic heterocycles. The van der Waals surface area contributed by atoms with Gasteiger partial charge in [0, 0.05) is 16.6 Å². The molecule has 3 N–H and O–H groups in total. The van der Waals surface area contributed by atoms with E-state index in [-0.39, 0.29) is 0 Å². The maximum absolute atomic E-state index is 5.76. The van der Waals surface area contributed by atoms with E-state index >= 15 is 0 Å². The van der Waals surface area contributed by atoms with E-state index in [4.69, 9.17) is 5.73 Å². The highest BCUT2D eigenvalue weighted by Gasteiger charge is 2.20. The average molecular weight is 200 g/mol. The van der Waals surface area contributed by atoms with Gasteiger partial charge in [-0.3, -0.25) is 0 Å². The minimum absolute atomic E-state index is 0.678. The quantitative estimate of drug-likeness (QED) is 0.728. The van der Waals surface area contributed by atoms with E-state index in [0.717, 1.165) is 19.4 Å². The van der Waals surface area contributed by atoms with Crippen molar-refractivity contribution in [2.24, 2.45) is 11.7 Å². The predicted molar refractivity (Wildman–Crippen MR) is 62.9 cm³/mol. The molecule has 0 saturated heterocycles. The molecule has 2 aromatic rings. The summed E-state index contributed by atoms with van der Waals surface area (Å²) in [7, 11) is 0. The molecule has 0 fully saturated rings. The molecule has 2 heteroatoms. The first-order chi connectivity index (χ1) is 7.38. The SMILES string of the molecule is NCC1CCc2[nH]c3ccccc3c2C1. The third-order valence-electron chi connectivity index (χ3n) is 3.53. The van der Waals surface area contributed by atoms with Crippen molar-refractivity contribution in [3.8, 4) is 0 Å². The first-order valence-corrected chi connectivity index (χ1v) is 5.67. The van der Waals surface area contributed by atoms with Gasteiger partial charge in [-0.25, -0.2) is 0 Å². The number of benzene rings is 1. The number of rotatable bonds is 1. The monoisotopic (exact) mass is 200 g/mol. The summed E-state index contributed by atoms with van der Waals surface area (Å²) in [4.78, 5) is 3.52. The number of hydrogen-bond donors (Lipinski definition) is 2. The van der Waals surface area contributed by atoms with Crippen LogP contribution in [0, 0.1) is 5.92 Å².